The van der Waals surface area contributed by atoms with Crippen molar-refractivity contribution in [1.29, 1.82) is 0 Å². The lowest BCUT2D eigenvalue weighted by Gasteiger charge is -2.53. The van der Waals surface area contributed by atoms with Crippen molar-refractivity contribution < 1.29 is 14.3 Å². The van der Waals surface area contributed by atoms with Crippen LogP contribution in [0.15, 0.2) is 67.3 Å². The zero-order valence-corrected chi connectivity index (χ0v) is 18.8. The average Bonchev–Trinajstić information content (AvgIpc) is 2.79. The van der Waals surface area contributed by atoms with Crippen LogP contribution < -0.4 is 10.1 Å². The monoisotopic (exact) mass is 432 g/mol. The predicted molar refractivity (Wildman–Crippen MR) is 126 cm³/mol. The van der Waals surface area contributed by atoms with E-state index in [0.717, 1.165) is 45.3 Å². The Morgan fingerprint density at radius 3 is 2.75 bits per heavy atom. The molecule has 2 aliphatic rings. The molecule has 32 heavy (non-hydrogen) atoms. The Morgan fingerprint density at radius 1 is 1.19 bits per heavy atom. The smallest absolute Gasteiger partial charge is 0.308 e. The van der Waals surface area contributed by atoms with Crippen LogP contribution in [0.2, 0.25) is 0 Å². The number of fused-ring (bicyclic) bond motifs is 1. The minimum atomic E-state index is -0.311. The molecular formula is C27H32N2O3. The molecule has 1 N–H and O–H groups in total. The summed E-state index contributed by atoms with van der Waals surface area (Å²) < 4.78 is 5.40. The van der Waals surface area contributed by atoms with Gasteiger partial charge in [0.25, 0.3) is 5.91 Å². The number of carbonyl (C=O) groups excluding carboxylic acids is 2. The van der Waals surface area contributed by atoms with Gasteiger partial charge in [0, 0.05) is 37.0 Å². The first-order valence-electron chi connectivity index (χ1n) is 11.5. The minimum Gasteiger partial charge on any atom is -0.427 e. The fourth-order valence-corrected chi connectivity index (χ4v) is 5.58. The Labute approximate surface area is 190 Å². The summed E-state index contributed by atoms with van der Waals surface area (Å²) in [7, 11) is 0. The van der Waals surface area contributed by atoms with E-state index >= 15 is 0 Å². The highest BCUT2D eigenvalue weighted by molar-refractivity contribution is 5.94. The van der Waals surface area contributed by atoms with Crippen molar-refractivity contribution >= 4 is 11.9 Å². The van der Waals surface area contributed by atoms with Gasteiger partial charge in [-0.2, -0.15) is 0 Å². The maximum absolute atomic E-state index is 12.8. The van der Waals surface area contributed by atoms with Crippen molar-refractivity contribution in [2.45, 2.75) is 44.1 Å². The van der Waals surface area contributed by atoms with Gasteiger partial charge in [0.05, 0.1) is 0 Å². The van der Waals surface area contributed by atoms with Gasteiger partial charge in [0.15, 0.2) is 0 Å². The van der Waals surface area contributed by atoms with E-state index in [9.17, 15) is 9.59 Å². The SMILES string of the molecule is C=CCN1CC[C@@]2(c3cccc(OC(C)=O)c3)C[C@@H](NC(=O)c3ccccc3)CC[C@@H]2C1. The minimum absolute atomic E-state index is 0.0121. The molecule has 1 saturated heterocycles. The second kappa shape index (κ2) is 9.70. The van der Waals surface area contributed by atoms with Crippen LogP contribution in [0.3, 0.4) is 0 Å². The molecule has 1 amide bonds. The number of nitrogens with one attached hydrogen (secondary N) is 1. The number of likely N-dealkylation sites (tertiary alicyclic amines) is 1. The second-order valence-electron chi connectivity index (χ2n) is 9.09. The molecule has 4 rings (SSSR count). The summed E-state index contributed by atoms with van der Waals surface area (Å²) in [6.07, 6.45) is 5.89. The van der Waals surface area contributed by atoms with E-state index in [1.807, 2.05) is 54.6 Å². The third kappa shape index (κ3) is 4.78. The van der Waals surface area contributed by atoms with E-state index in [2.05, 4.69) is 22.9 Å². The van der Waals surface area contributed by atoms with Crippen molar-refractivity contribution in [2.75, 3.05) is 19.6 Å². The molecule has 1 aliphatic heterocycles. The van der Waals surface area contributed by atoms with E-state index < -0.39 is 0 Å². The number of benzene rings is 2. The van der Waals surface area contributed by atoms with E-state index in [4.69, 9.17) is 4.74 Å². The van der Waals surface area contributed by atoms with Gasteiger partial charge in [-0.1, -0.05) is 36.4 Å². The number of piperidine rings is 1. The van der Waals surface area contributed by atoms with Crippen LogP contribution in [0.5, 0.6) is 5.75 Å². The first-order valence-corrected chi connectivity index (χ1v) is 11.5. The Hall–Kier alpha value is -2.92. The highest BCUT2D eigenvalue weighted by Gasteiger charge is 2.48. The van der Waals surface area contributed by atoms with Crippen molar-refractivity contribution in [3.63, 3.8) is 0 Å². The molecule has 1 heterocycles. The molecular weight excluding hydrogens is 400 g/mol. The lowest BCUT2D eigenvalue weighted by atomic mass is 9.58. The second-order valence-corrected chi connectivity index (χ2v) is 9.09. The molecule has 5 nitrogen and oxygen atoms in total. The van der Waals surface area contributed by atoms with Gasteiger partial charge in [-0.3, -0.25) is 14.5 Å². The fourth-order valence-electron chi connectivity index (χ4n) is 5.58. The van der Waals surface area contributed by atoms with E-state index in [1.54, 1.807) is 0 Å². The molecule has 2 aromatic rings. The third-order valence-corrected chi connectivity index (χ3v) is 7.04. The topological polar surface area (TPSA) is 58.6 Å². The Bertz CT molecular complexity index is 974. The van der Waals surface area contributed by atoms with Crippen LogP contribution >= 0.6 is 0 Å². The largest absolute Gasteiger partial charge is 0.427 e. The standard InChI is InChI=1S/C27H32N2O3/c1-3-15-29-16-14-27(22-10-7-11-25(17-22)32-20(2)30)18-24(13-12-23(27)19-29)28-26(31)21-8-5-4-6-9-21/h3-11,17,23-24H,1,12-16,18-19H2,2H3,(H,28,31)/t23-,24+,27+/m1/s1. The molecule has 0 spiro atoms. The van der Waals surface area contributed by atoms with Crippen molar-refractivity contribution in [2.24, 2.45) is 5.92 Å². The number of esters is 1. The van der Waals surface area contributed by atoms with Gasteiger partial charge < -0.3 is 10.1 Å². The summed E-state index contributed by atoms with van der Waals surface area (Å²) in [5, 5.41) is 3.29. The molecule has 2 fully saturated rings. The quantitative estimate of drug-likeness (QED) is 0.419. The molecule has 3 atom stereocenters. The summed E-state index contributed by atoms with van der Waals surface area (Å²) in [5.41, 5.74) is 1.85. The normalized spacial score (nSPS) is 25.4. The molecule has 5 heteroatoms. The highest BCUT2D eigenvalue weighted by Crippen LogP contribution is 2.49. The summed E-state index contributed by atoms with van der Waals surface area (Å²) >= 11 is 0. The number of ether oxygens (including phenoxy) is 1. The third-order valence-electron chi connectivity index (χ3n) is 7.04. The van der Waals surface area contributed by atoms with Crippen LogP contribution in [0.1, 0.15) is 48.5 Å². The van der Waals surface area contributed by atoms with Gasteiger partial charge in [-0.05, 0) is 68.0 Å². The Morgan fingerprint density at radius 2 is 2.00 bits per heavy atom. The Kier molecular flexibility index (Phi) is 6.75. The van der Waals surface area contributed by atoms with Gasteiger partial charge in [0.1, 0.15) is 5.75 Å². The molecule has 2 aromatic carbocycles. The van der Waals surface area contributed by atoms with Crippen LogP contribution in [0, 0.1) is 5.92 Å². The van der Waals surface area contributed by atoms with Crippen LogP contribution in [-0.2, 0) is 10.2 Å². The number of amides is 1. The number of carbonyl (C=O) groups is 2. The summed E-state index contributed by atoms with van der Waals surface area (Å²) in [6, 6.07) is 17.5. The van der Waals surface area contributed by atoms with E-state index in [1.165, 1.54) is 12.5 Å². The van der Waals surface area contributed by atoms with Crippen LogP contribution in [0.4, 0.5) is 0 Å². The summed E-state index contributed by atoms with van der Waals surface area (Å²) in [6.45, 7) is 8.24. The fraction of sp³-hybridized carbons (Fsp3) is 0.407. The lowest BCUT2D eigenvalue weighted by Crippen LogP contribution is -2.56. The number of rotatable bonds is 6. The zero-order chi connectivity index (χ0) is 22.6. The van der Waals surface area contributed by atoms with E-state index in [0.29, 0.717) is 17.2 Å². The maximum Gasteiger partial charge on any atom is 0.308 e. The lowest BCUT2D eigenvalue weighted by molar-refractivity contribution is -0.131. The molecule has 1 saturated carbocycles. The summed E-state index contributed by atoms with van der Waals surface area (Å²) in [4.78, 5) is 26.8. The summed E-state index contributed by atoms with van der Waals surface area (Å²) in [5.74, 6) is 0.747. The van der Waals surface area contributed by atoms with Crippen molar-refractivity contribution in [3.05, 3.63) is 78.4 Å². The first-order chi connectivity index (χ1) is 15.5. The average molecular weight is 433 g/mol. The molecule has 168 valence electrons. The van der Waals surface area contributed by atoms with Gasteiger partial charge in [-0.25, -0.2) is 0 Å². The van der Waals surface area contributed by atoms with Crippen LogP contribution in [0.25, 0.3) is 0 Å². The van der Waals surface area contributed by atoms with E-state index in [-0.39, 0.29) is 23.3 Å². The van der Waals surface area contributed by atoms with Crippen LogP contribution in [-0.4, -0.2) is 42.5 Å². The van der Waals surface area contributed by atoms with Gasteiger partial charge in [0.2, 0.25) is 0 Å². The van der Waals surface area contributed by atoms with Gasteiger partial charge in [-0.15, -0.1) is 6.58 Å². The first kappa shape index (κ1) is 22.3. The predicted octanol–water partition coefficient (Wildman–Crippen LogP) is 4.34. The maximum atomic E-state index is 12.8. The number of hydrogen-bond donors (Lipinski definition) is 1. The Balaban J connectivity index is 1.60. The van der Waals surface area contributed by atoms with Crippen molar-refractivity contribution in [1.82, 2.24) is 10.2 Å². The number of hydrogen-bond acceptors (Lipinski definition) is 4. The molecule has 0 aromatic heterocycles. The van der Waals surface area contributed by atoms with Gasteiger partial charge >= 0.3 is 5.97 Å². The number of nitrogens with zero attached hydrogens (tertiary/aromatic N) is 1. The molecule has 0 bridgehead atoms. The van der Waals surface area contributed by atoms with Crippen molar-refractivity contribution in [3.8, 4) is 5.75 Å². The highest BCUT2D eigenvalue weighted by atomic mass is 16.5. The zero-order valence-electron chi connectivity index (χ0n) is 18.8. The molecule has 0 radical (unpaired) electrons. The molecule has 0 unspecified atom stereocenters. The molecule has 1 aliphatic carbocycles.